The Morgan fingerprint density at radius 3 is 2.76 bits per heavy atom. The largest absolute Gasteiger partial charge is 0.495 e. The number of benzene rings is 1. The molecular formula is C18H24N2O. The number of hydrogen-bond donors (Lipinski definition) is 0. The van der Waals surface area contributed by atoms with E-state index in [-0.39, 0.29) is 0 Å². The summed E-state index contributed by atoms with van der Waals surface area (Å²) in [5.74, 6) is 1.58. The fourth-order valence-corrected chi connectivity index (χ4v) is 4.10. The van der Waals surface area contributed by atoms with E-state index in [1.807, 2.05) is 12.1 Å². The van der Waals surface area contributed by atoms with Crippen molar-refractivity contribution in [3.05, 3.63) is 29.3 Å². The minimum atomic E-state index is 0.645. The molecule has 1 saturated heterocycles. The van der Waals surface area contributed by atoms with Gasteiger partial charge in [-0.05, 0) is 55.8 Å². The quantitative estimate of drug-likeness (QED) is 0.845. The molecule has 21 heavy (non-hydrogen) atoms. The lowest BCUT2D eigenvalue weighted by Crippen LogP contribution is -2.34. The molecule has 1 aliphatic carbocycles. The van der Waals surface area contributed by atoms with E-state index in [1.54, 1.807) is 7.11 Å². The van der Waals surface area contributed by atoms with Crippen molar-refractivity contribution in [1.29, 1.82) is 5.26 Å². The molecule has 3 nitrogen and oxygen atoms in total. The normalized spacial score (nSPS) is 23.3. The number of likely N-dealkylation sites (tertiary alicyclic amines) is 1. The van der Waals surface area contributed by atoms with Crippen LogP contribution in [0.15, 0.2) is 18.2 Å². The number of nitriles is 1. The molecule has 1 atom stereocenters. The average Bonchev–Trinajstić information content (AvgIpc) is 3.17. The first-order valence-corrected chi connectivity index (χ1v) is 8.13. The van der Waals surface area contributed by atoms with Gasteiger partial charge >= 0.3 is 0 Å². The van der Waals surface area contributed by atoms with Gasteiger partial charge in [-0.1, -0.05) is 18.9 Å². The SMILES string of the molecule is COc1ccc(CN2CCCC2C2CCCC2)cc1C#N. The Labute approximate surface area is 127 Å². The summed E-state index contributed by atoms with van der Waals surface area (Å²) in [5, 5.41) is 9.22. The zero-order valence-electron chi connectivity index (χ0n) is 12.8. The van der Waals surface area contributed by atoms with E-state index >= 15 is 0 Å². The second-order valence-corrected chi connectivity index (χ2v) is 6.37. The van der Waals surface area contributed by atoms with E-state index in [4.69, 9.17) is 4.74 Å². The molecule has 0 spiro atoms. The number of ether oxygens (including phenoxy) is 1. The highest BCUT2D eigenvalue weighted by atomic mass is 16.5. The first kappa shape index (κ1) is 14.4. The predicted octanol–water partition coefficient (Wildman–Crippen LogP) is 3.72. The summed E-state index contributed by atoms with van der Waals surface area (Å²) in [6, 6.07) is 9.01. The lowest BCUT2D eigenvalue weighted by atomic mass is 9.95. The number of hydrogen-bond acceptors (Lipinski definition) is 3. The van der Waals surface area contributed by atoms with Gasteiger partial charge in [0.15, 0.2) is 0 Å². The molecular weight excluding hydrogens is 260 g/mol. The highest BCUT2D eigenvalue weighted by molar-refractivity contribution is 5.45. The van der Waals surface area contributed by atoms with Crippen LogP contribution in [0.5, 0.6) is 5.75 Å². The molecule has 0 radical (unpaired) electrons. The zero-order chi connectivity index (χ0) is 14.7. The molecule has 1 aliphatic heterocycles. The summed E-state index contributed by atoms with van der Waals surface area (Å²) in [5.41, 5.74) is 1.88. The van der Waals surface area contributed by atoms with Crippen molar-refractivity contribution in [3.8, 4) is 11.8 Å². The van der Waals surface area contributed by atoms with Crippen LogP contribution in [-0.4, -0.2) is 24.6 Å². The van der Waals surface area contributed by atoms with E-state index in [2.05, 4.69) is 17.0 Å². The summed E-state index contributed by atoms with van der Waals surface area (Å²) in [6.45, 7) is 2.18. The second-order valence-electron chi connectivity index (χ2n) is 6.37. The maximum atomic E-state index is 9.22. The van der Waals surface area contributed by atoms with Gasteiger partial charge < -0.3 is 4.74 Å². The standard InChI is InChI=1S/C18H24N2O/c1-21-18-9-8-14(11-16(18)12-19)13-20-10-4-7-17(20)15-5-2-3-6-15/h8-9,11,15,17H,2-7,10,13H2,1H3. The van der Waals surface area contributed by atoms with Crippen molar-refractivity contribution in [2.75, 3.05) is 13.7 Å². The zero-order valence-corrected chi connectivity index (χ0v) is 12.8. The van der Waals surface area contributed by atoms with Crippen LogP contribution in [0.2, 0.25) is 0 Å². The fourth-order valence-electron chi connectivity index (χ4n) is 4.10. The Hall–Kier alpha value is -1.53. The van der Waals surface area contributed by atoms with E-state index in [1.165, 1.54) is 50.6 Å². The third-order valence-electron chi connectivity index (χ3n) is 5.13. The van der Waals surface area contributed by atoms with Crippen LogP contribution in [0.25, 0.3) is 0 Å². The van der Waals surface area contributed by atoms with E-state index in [9.17, 15) is 5.26 Å². The Bertz CT molecular complexity index is 529. The van der Waals surface area contributed by atoms with Gasteiger partial charge in [-0.15, -0.1) is 0 Å². The minimum Gasteiger partial charge on any atom is -0.495 e. The monoisotopic (exact) mass is 284 g/mol. The molecule has 3 heteroatoms. The summed E-state index contributed by atoms with van der Waals surface area (Å²) >= 11 is 0. The molecule has 0 amide bonds. The summed E-state index contributed by atoms with van der Waals surface area (Å²) in [7, 11) is 1.62. The van der Waals surface area contributed by atoms with Crippen molar-refractivity contribution in [3.63, 3.8) is 0 Å². The Morgan fingerprint density at radius 2 is 2.05 bits per heavy atom. The molecule has 2 fully saturated rings. The number of nitrogens with zero attached hydrogens (tertiary/aromatic N) is 2. The molecule has 2 aliphatic rings. The van der Waals surface area contributed by atoms with Crippen molar-refractivity contribution in [2.45, 2.75) is 51.1 Å². The van der Waals surface area contributed by atoms with Crippen molar-refractivity contribution in [2.24, 2.45) is 5.92 Å². The highest BCUT2D eigenvalue weighted by Gasteiger charge is 2.33. The van der Waals surface area contributed by atoms with E-state index in [0.29, 0.717) is 11.3 Å². The summed E-state index contributed by atoms with van der Waals surface area (Å²) in [6.07, 6.45) is 8.32. The van der Waals surface area contributed by atoms with Gasteiger partial charge in [0.05, 0.1) is 12.7 Å². The van der Waals surface area contributed by atoms with Gasteiger partial charge in [0.2, 0.25) is 0 Å². The smallest absolute Gasteiger partial charge is 0.136 e. The Morgan fingerprint density at radius 1 is 1.24 bits per heavy atom. The maximum absolute atomic E-state index is 9.22. The summed E-state index contributed by atoms with van der Waals surface area (Å²) in [4.78, 5) is 2.64. The van der Waals surface area contributed by atoms with E-state index in [0.717, 1.165) is 18.5 Å². The number of methoxy groups -OCH3 is 1. The minimum absolute atomic E-state index is 0.645. The predicted molar refractivity (Wildman–Crippen MR) is 83.1 cm³/mol. The molecule has 3 rings (SSSR count). The van der Waals surface area contributed by atoms with Crippen LogP contribution >= 0.6 is 0 Å². The Kier molecular flexibility index (Phi) is 4.45. The number of rotatable bonds is 4. The van der Waals surface area contributed by atoms with Crippen LogP contribution in [0.1, 0.15) is 49.7 Å². The molecule has 0 aromatic heterocycles. The second kappa shape index (κ2) is 6.49. The molecule has 0 bridgehead atoms. The van der Waals surface area contributed by atoms with Crippen LogP contribution in [0.4, 0.5) is 0 Å². The molecule has 0 N–H and O–H groups in total. The van der Waals surface area contributed by atoms with Gasteiger partial charge in [0.1, 0.15) is 11.8 Å². The van der Waals surface area contributed by atoms with Crippen LogP contribution in [0, 0.1) is 17.2 Å². The summed E-state index contributed by atoms with van der Waals surface area (Å²) < 4.78 is 5.23. The molecule has 112 valence electrons. The third kappa shape index (κ3) is 3.06. The van der Waals surface area contributed by atoms with Crippen LogP contribution < -0.4 is 4.74 Å². The van der Waals surface area contributed by atoms with Crippen molar-refractivity contribution < 1.29 is 4.74 Å². The van der Waals surface area contributed by atoms with Gasteiger partial charge in [0, 0.05) is 12.6 Å². The maximum Gasteiger partial charge on any atom is 0.136 e. The molecule has 1 aromatic carbocycles. The lowest BCUT2D eigenvalue weighted by Gasteiger charge is -2.29. The molecule has 1 unspecified atom stereocenters. The fraction of sp³-hybridized carbons (Fsp3) is 0.611. The third-order valence-corrected chi connectivity index (χ3v) is 5.13. The van der Waals surface area contributed by atoms with Crippen LogP contribution in [0.3, 0.4) is 0 Å². The first-order valence-electron chi connectivity index (χ1n) is 8.13. The highest BCUT2D eigenvalue weighted by Crippen LogP contribution is 2.36. The average molecular weight is 284 g/mol. The first-order chi connectivity index (χ1) is 10.3. The molecule has 1 heterocycles. The molecule has 1 aromatic rings. The van der Waals surface area contributed by atoms with Gasteiger partial charge in [-0.3, -0.25) is 4.90 Å². The van der Waals surface area contributed by atoms with Crippen molar-refractivity contribution >= 4 is 0 Å². The van der Waals surface area contributed by atoms with Crippen molar-refractivity contribution in [1.82, 2.24) is 4.90 Å². The molecule has 1 saturated carbocycles. The van der Waals surface area contributed by atoms with Gasteiger partial charge in [-0.25, -0.2) is 0 Å². The van der Waals surface area contributed by atoms with Gasteiger partial charge in [-0.2, -0.15) is 5.26 Å². The lowest BCUT2D eigenvalue weighted by molar-refractivity contribution is 0.183. The Balaban J connectivity index is 1.72. The van der Waals surface area contributed by atoms with E-state index < -0.39 is 0 Å². The van der Waals surface area contributed by atoms with Gasteiger partial charge in [0.25, 0.3) is 0 Å². The topological polar surface area (TPSA) is 36.3 Å². The van der Waals surface area contributed by atoms with Crippen LogP contribution in [-0.2, 0) is 6.54 Å².